The maximum atomic E-state index is 14.0. The molecule has 4 rings (SSSR count). The number of nitrogens with zero attached hydrogens (tertiary/aromatic N) is 3. The molecule has 0 radical (unpaired) electrons. The lowest BCUT2D eigenvalue weighted by Gasteiger charge is -2.26. The van der Waals surface area contributed by atoms with Gasteiger partial charge in [-0.05, 0) is 55.5 Å². The number of allylic oxidation sites excluding steroid dienone is 1. The molecule has 0 saturated heterocycles. The van der Waals surface area contributed by atoms with E-state index >= 15 is 0 Å². The molecule has 1 unspecified atom stereocenters. The lowest BCUT2D eigenvalue weighted by Crippen LogP contribution is -2.29. The van der Waals surface area contributed by atoms with E-state index in [0.29, 0.717) is 35.5 Å². The summed E-state index contributed by atoms with van der Waals surface area (Å²) in [5.41, 5.74) is 1.44. The van der Waals surface area contributed by atoms with Gasteiger partial charge < -0.3 is 20.1 Å². The first-order chi connectivity index (χ1) is 15.9. The van der Waals surface area contributed by atoms with Crippen LogP contribution in [0.3, 0.4) is 0 Å². The van der Waals surface area contributed by atoms with E-state index in [2.05, 4.69) is 20.4 Å². The summed E-state index contributed by atoms with van der Waals surface area (Å²) in [6, 6.07) is 9.51. The number of carbonyl (C=O) groups excluding carboxylic acids is 1. The third-order valence-corrected chi connectivity index (χ3v) is 5.49. The molecule has 0 spiro atoms. The molecule has 2 heterocycles. The molecule has 0 bridgehead atoms. The second kappa shape index (κ2) is 9.60. The summed E-state index contributed by atoms with van der Waals surface area (Å²) in [6.07, 6.45) is 2.45. The van der Waals surface area contributed by atoms with Crippen molar-refractivity contribution in [1.29, 1.82) is 0 Å². The van der Waals surface area contributed by atoms with Crippen molar-refractivity contribution >= 4 is 11.9 Å². The lowest BCUT2D eigenvalue weighted by molar-refractivity contribution is -0.133. The fraction of sp³-hybridized carbons (Fsp3) is 0.261. The molecule has 0 aliphatic heterocycles. The number of aromatic hydroxyl groups is 1. The number of phenols is 1. The van der Waals surface area contributed by atoms with Crippen molar-refractivity contribution in [2.24, 2.45) is 0 Å². The van der Waals surface area contributed by atoms with E-state index < -0.39 is 11.9 Å². The number of carboxylic acid groups (broad SMARTS) is 1. The smallest absolute Gasteiger partial charge is 0.333 e. The van der Waals surface area contributed by atoms with Gasteiger partial charge in [-0.3, -0.25) is 4.79 Å². The van der Waals surface area contributed by atoms with Crippen molar-refractivity contribution < 1.29 is 28.7 Å². The number of amides is 1. The number of pyridine rings is 1. The number of nitrogens with one attached hydrogen (secondary N) is 1. The van der Waals surface area contributed by atoms with Crippen molar-refractivity contribution in [2.75, 3.05) is 0 Å². The minimum Gasteiger partial charge on any atom is -0.508 e. The maximum Gasteiger partial charge on any atom is 0.333 e. The number of hydrogen-bond acceptors (Lipinski definition) is 7. The minimum atomic E-state index is -1.14. The third kappa shape index (κ3) is 5.22. The van der Waals surface area contributed by atoms with E-state index in [0.717, 1.165) is 0 Å². The van der Waals surface area contributed by atoms with Crippen LogP contribution in [0, 0.1) is 5.95 Å². The van der Waals surface area contributed by atoms with Crippen molar-refractivity contribution in [3.8, 4) is 17.1 Å². The zero-order chi connectivity index (χ0) is 23.4. The molecular formula is C23H21FN4O5. The summed E-state index contributed by atoms with van der Waals surface area (Å²) < 4.78 is 19.2. The molecule has 0 fully saturated rings. The van der Waals surface area contributed by atoms with Crippen molar-refractivity contribution in [3.05, 3.63) is 71.3 Å². The van der Waals surface area contributed by atoms with Gasteiger partial charge in [-0.15, -0.1) is 0 Å². The van der Waals surface area contributed by atoms with Crippen LogP contribution in [0.4, 0.5) is 4.39 Å². The normalized spacial score (nSPS) is 16.0. The number of aliphatic carboxylic acids is 1. The zero-order valence-electron chi connectivity index (χ0n) is 17.5. The van der Waals surface area contributed by atoms with Gasteiger partial charge in [0.1, 0.15) is 5.75 Å². The molecule has 170 valence electrons. The average Bonchev–Trinajstić information content (AvgIpc) is 3.28. The molecule has 9 nitrogen and oxygen atoms in total. The molecular weight excluding hydrogens is 431 g/mol. The number of halogens is 1. The highest BCUT2D eigenvalue weighted by Gasteiger charge is 2.29. The van der Waals surface area contributed by atoms with Gasteiger partial charge in [0.15, 0.2) is 0 Å². The maximum absolute atomic E-state index is 14.0. The van der Waals surface area contributed by atoms with Gasteiger partial charge in [0.25, 0.3) is 0 Å². The van der Waals surface area contributed by atoms with Crippen molar-refractivity contribution in [2.45, 2.75) is 38.0 Å². The van der Waals surface area contributed by atoms with E-state index in [-0.39, 0.29) is 48.3 Å². The molecule has 1 aliphatic rings. The molecule has 1 aliphatic carbocycles. The molecule has 1 atom stereocenters. The highest BCUT2D eigenvalue weighted by molar-refractivity contribution is 5.89. The Hall–Kier alpha value is -4.08. The Kier molecular flexibility index (Phi) is 6.43. The van der Waals surface area contributed by atoms with E-state index in [1.54, 1.807) is 24.3 Å². The van der Waals surface area contributed by atoms with Gasteiger partial charge in [0.2, 0.25) is 23.6 Å². The zero-order valence-corrected chi connectivity index (χ0v) is 17.5. The topological polar surface area (TPSA) is 138 Å². The van der Waals surface area contributed by atoms with E-state index in [4.69, 9.17) is 4.52 Å². The van der Waals surface area contributed by atoms with E-state index in [9.17, 15) is 24.2 Å². The number of carbonyl (C=O) groups is 2. The third-order valence-electron chi connectivity index (χ3n) is 5.49. The number of phenolic OH excluding ortho intramolecular Hbond substituents is 1. The number of benzene rings is 1. The van der Waals surface area contributed by atoms with Gasteiger partial charge in [-0.25, -0.2) is 9.78 Å². The van der Waals surface area contributed by atoms with Crippen LogP contribution >= 0.6 is 0 Å². The van der Waals surface area contributed by atoms with Gasteiger partial charge in [-0.2, -0.15) is 9.37 Å². The Morgan fingerprint density at radius 1 is 1.21 bits per heavy atom. The number of aromatic nitrogens is 3. The van der Waals surface area contributed by atoms with Crippen LogP contribution in [0.1, 0.15) is 43.1 Å². The molecule has 1 aromatic carbocycles. The summed E-state index contributed by atoms with van der Waals surface area (Å²) in [5, 5.41) is 25.5. The predicted molar refractivity (Wildman–Crippen MR) is 113 cm³/mol. The van der Waals surface area contributed by atoms with Crippen LogP contribution in [0.5, 0.6) is 5.75 Å². The average molecular weight is 452 g/mol. The Balaban J connectivity index is 1.38. The fourth-order valence-corrected chi connectivity index (χ4v) is 3.80. The Morgan fingerprint density at radius 2 is 2.00 bits per heavy atom. The van der Waals surface area contributed by atoms with Crippen LogP contribution in [0.2, 0.25) is 0 Å². The lowest BCUT2D eigenvalue weighted by atomic mass is 9.82. The van der Waals surface area contributed by atoms with Gasteiger partial charge >= 0.3 is 5.97 Å². The number of aryl methyl sites for hydroxylation is 1. The summed E-state index contributed by atoms with van der Waals surface area (Å²) in [5.74, 6) is -1.73. The summed E-state index contributed by atoms with van der Waals surface area (Å²) >= 11 is 0. The first kappa shape index (κ1) is 22.1. The molecule has 33 heavy (non-hydrogen) atoms. The van der Waals surface area contributed by atoms with E-state index in [1.807, 2.05) is 0 Å². The highest BCUT2D eigenvalue weighted by Crippen LogP contribution is 2.36. The molecule has 2 aromatic heterocycles. The van der Waals surface area contributed by atoms with Crippen LogP contribution in [-0.2, 0) is 16.0 Å². The second-order valence-corrected chi connectivity index (χ2v) is 7.69. The minimum absolute atomic E-state index is 0.0221. The molecule has 3 N–H and O–H groups in total. The fourth-order valence-electron chi connectivity index (χ4n) is 3.80. The van der Waals surface area contributed by atoms with Crippen LogP contribution < -0.4 is 5.32 Å². The quantitative estimate of drug-likeness (QED) is 0.464. The summed E-state index contributed by atoms with van der Waals surface area (Å²) in [7, 11) is 0. The van der Waals surface area contributed by atoms with Crippen LogP contribution in [0.25, 0.3) is 11.4 Å². The Bertz CT molecular complexity index is 1210. The van der Waals surface area contributed by atoms with Crippen LogP contribution in [-0.4, -0.2) is 37.2 Å². The molecule has 1 amide bonds. The second-order valence-electron chi connectivity index (χ2n) is 7.69. The van der Waals surface area contributed by atoms with Gasteiger partial charge in [0, 0.05) is 35.9 Å². The monoisotopic (exact) mass is 452 g/mol. The van der Waals surface area contributed by atoms with E-state index in [1.165, 1.54) is 18.3 Å². The molecule has 0 saturated carbocycles. The number of hydrogen-bond donors (Lipinski definition) is 3. The first-order valence-electron chi connectivity index (χ1n) is 10.4. The largest absolute Gasteiger partial charge is 0.508 e. The summed E-state index contributed by atoms with van der Waals surface area (Å²) in [4.78, 5) is 32.1. The van der Waals surface area contributed by atoms with Crippen molar-refractivity contribution in [1.82, 2.24) is 20.4 Å². The molecule has 10 heteroatoms. The predicted octanol–water partition coefficient (Wildman–Crippen LogP) is 3.33. The highest BCUT2D eigenvalue weighted by atomic mass is 19.1. The Labute approximate surface area is 188 Å². The standard InChI is InChI=1S/C23H21FN4O5/c24-21-16(2-1-11-25-21)14-5-8-18(17(12-14)23(31)32)26-19(30)9-10-20-27-22(28-33-20)13-3-6-15(29)7-4-13/h1-4,6-7,11,14,29H,5,8-10,12H2,(H,26,30)(H,31,32). The molecule has 3 aromatic rings. The van der Waals surface area contributed by atoms with Gasteiger partial charge in [-0.1, -0.05) is 11.2 Å². The van der Waals surface area contributed by atoms with Gasteiger partial charge in [0.05, 0.1) is 5.57 Å². The number of carboxylic acids is 1. The first-order valence-corrected chi connectivity index (χ1v) is 10.4. The summed E-state index contributed by atoms with van der Waals surface area (Å²) in [6.45, 7) is 0. The SMILES string of the molecule is O=C(CCc1nc(-c2ccc(O)cc2)no1)NC1=C(C(=O)O)CC(c2cccnc2F)CC1. The Morgan fingerprint density at radius 3 is 2.73 bits per heavy atom. The van der Waals surface area contributed by atoms with Crippen molar-refractivity contribution in [3.63, 3.8) is 0 Å². The van der Waals surface area contributed by atoms with Crippen LogP contribution in [0.15, 0.2) is 58.4 Å². The number of rotatable bonds is 7.